The molecule has 0 radical (unpaired) electrons. The van der Waals surface area contributed by atoms with Crippen LogP contribution in [0.15, 0.2) is 12.1 Å². The minimum absolute atomic E-state index is 0.157. The van der Waals surface area contributed by atoms with E-state index in [4.69, 9.17) is 10.2 Å². The van der Waals surface area contributed by atoms with E-state index < -0.39 is 23.2 Å². The van der Waals surface area contributed by atoms with Crippen molar-refractivity contribution >= 4 is 5.97 Å². The summed E-state index contributed by atoms with van der Waals surface area (Å²) in [6, 6.07) is 2.52. The number of aromatic hydroxyl groups is 3. The third-order valence-electron chi connectivity index (χ3n) is 1.78. The van der Waals surface area contributed by atoms with Gasteiger partial charge in [0.2, 0.25) is 5.75 Å². The van der Waals surface area contributed by atoms with E-state index >= 15 is 0 Å². The van der Waals surface area contributed by atoms with Gasteiger partial charge in [-0.25, -0.2) is 0 Å². The maximum Gasteiger partial charge on any atom is 0.310 e. The Labute approximate surface area is 80.2 Å². The Balaban J connectivity index is 3.00. The van der Waals surface area contributed by atoms with E-state index in [9.17, 15) is 9.90 Å². The molecule has 1 aromatic carbocycles. The second kappa shape index (κ2) is 3.87. The molecule has 0 unspecified atom stereocenters. The molecular formula is C9H10O5. The first-order valence-corrected chi connectivity index (χ1v) is 3.86. The highest BCUT2D eigenvalue weighted by atomic mass is 16.5. The lowest BCUT2D eigenvalue weighted by atomic mass is 10.1. The van der Waals surface area contributed by atoms with Crippen molar-refractivity contribution in [1.82, 2.24) is 0 Å². The molecule has 0 atom stereocenters. The van der Waals surface area contributed by atoms with Crippen molar-refractivity contribution in [3.63, 3.8) is 0 Å². The molecule has 0 aliphatic carbocycles. The summed E-state index contributed by atoms with van der Waals surface area (Å²) in [5.41, 5.74) is 0.201. The maximum atomic E-state index is 10.9. The number of phenolic OH excluding ortho intramolecular Hbond substituents is 3. The molecular weight excluding hydrogens is 188 g/mol. The van der Waals surface area contributed by atoms with E-state index in [0.29, 0.717) is 0 Å². The first kappa shape index (κ1) is 10.2. The molecule has 0 aliphatic rings. The number of carbonyl (C=O) groups excluding carboxylic acids is 1. The van der Waals surface area contributed by atoms with Crippen LogP contribution in [0.2, 0.25) is 0 Å². The lowest BCUT2D eigenvalue weighted by Crippen LogP contribution is -2.04. The van der Waals surface area contributed by atoms with Crippen LogP contribution in [-0.2, 0) is 16.0 Å². The Morgan fingerprint density at radius 2 is 1.93 bits per heavy atom. The van der Waals surface area contributed by atoms with Crippen molar-refractivity contribution in [2.24, 2.45) is 0 Å². The summed E-state index contributed by atoms with van der Waals surface area (Å²) in [5, 5.41) is 27.4. The number of rotatable bonds is 2. The predicted molar refractivity (Wildman–Crippen MR) is 47.2 cm³/mol. The number of ether oxygens (including phenoxy) is 1. The molecule has 0 saturated heterocycles. The molecule has 0 spiro atoms. The zero-order valence-corrected chi connectivity index (χ0v) is 7.52. The van der Waals surface area contributed by atoms with Crippen LogP contribution in [0.3, 0.4) is 0 Å². The fourth-order valence-corrected chi connectivity index (χ4v) is 0.981. The van der Waals surface area contributed by atoms with Crippen LogP contribution >= 0.6 is 0 Å². The predicted octanol–water partition coefficient (Wildman–Crippen LogP) is 0.519. The fourth-order valence-electron chi connectivity index (χ4n) is 0.981. The Hall–Kier alpha value is -1.91. The Morgan fingerprint density at radius 1 is 1.29 bits per heavy atom. The summed E-state index contributed by atoms with van der Waals surface area (Å²) < 4.78 is 4.39. The van der Waals surface area contributed by atoms with Crippen LogP contribution < -0.4 is 0 Å². The second-order valence-corrected chi connectivity index (χ2v) is 2.69. The van der Waals surface area contributed by atoms with Gasteiger partial charge in [-0.3, -0.25) is 4.79 Å². The number of phenols is 3. The summed E-state index contributed by atoms with van der Waals surface area (Å²) in [5.74, 6) is -2.11. The van der Waals surface area contributed by atoms with Crippen molar-refractivity contribution in [3.8, 4) is 17.2 Å². The normalized spacial score (nSPS) is 9.79. The first-order valence-electron chi connectivity index (χ1n) is 3.86. The number of benzene rings is 1. The second-order valence-electron chi connectivity index (χ2n) is 2.69. The van der Waals surface area contributed by atoms with Crippen molar-refractivity contribution in [1.29, 1.82) is 0 Å². The van der Waals surface area contributed by atoms with Gasteiger partial charge in [-0.05, 0) is 6.07 Å². The number of hydrogen-bond donors (Lipinski definition) is 3. The maximum absolute atomic E-state index is 10.9. The monoisotopic (exact) mass is 198 g/mol. The van der Waals surface area contributed by atoms with Crippen LogP contribution in [0.25, 0.3) is 0 Å². The molecule has 0 fully saturated rings. The van der Waals surface area contributed by atoms with E-state index in [-0.39, 0.29) is 12.0 Å². The molecule has 1 rings (SSSR count). The van der Waals surface area contributed by atoms with Crippen LogP contribution in [-0.4, -0.2) is 28.4 Å². The summed E-state index contributed by atoms with van der Waals surface area (Å²) in [7, 11) is 1.22. The minimum Gasteiger partial charge on any atom is -0.504 e. The van der Waals surface area contributed by atoms with Gasteiger partial charge in [0.1, 0.15) is 0 Å². The summed E-state index contributed by atoms with van der Waals surface area (Å²) in [6.07, 6.45) is -0.157. The van der Waals surface area contributed by atoms with Gasteiger partial charge in [-0.15, -0.1) is 0 Å². The molecule has 0 heterocycles. The molecule has 0 amide bonds. The number of carbonyl (C=O) groups is 1. The third-order valence-corrected chi connectivity index (χ3v) is 1.78. The molecule has 5 nitrogen and oxygen atoms in total. The van der Waals surface area contributed by atoms with Gasteiger partial charge in [0.05, 0.1) is 13.5 Å². The smallest absolute Gasteiger partial charge is 0.310 e. The fraction of sp³-hybridized carbons (Fsp3) is 0.222. The van der Waals surface area contributed by atoms with Crippen LogP contribution in [0.1, 0.15) is 5.56 Å². The molecule has 0 aliphatic heterocycles. The van der Waals surface area contributed by atoms with Crippen molar-refractivity contribution in [2.75, 3.05) is 7.11 Å². The average molecular weight is 198 g/mol. The largest absolute Gasteiger partial charge is 0.504 e. The molecule has 3 N–H and O–H groups in total. The molecule has 0 aromatic heterocycles. The standard InChI is InChI=1S/C9H10O5/c1-14-7(11)4-5-2-3-6(10)9(13)8(5)12/h2-3,10,12-13H,4H2,1H3. The Morgan fingerprint density at radius 3 is 2.50 bits per heavy atom. The van der Waals surface area contributed by atoms with Crippen LogP contribution in [0.4, 0.5) is 0 Å². The van der Waals surface area contributed by atoms with E-state index in [1.54, 1.807) is 0 Å². The number of methoxy groups -OCH3 is 1. The highest BCUT2D eigenvalue weighted by Crippen LogP contribution is 2.37. The van der Waals surface area contributed by atoms with Gasteiger partial charge in [0.25, 0.3) is 0 Å². The van der Waals surface area contributed by atoms with E-state index in [2.05, 4.69) is 4.74 Å². The third kappa shape index (κ3) is 1.87. The molecule has 0 saturated carbocycles. The van der Waals surface area contributed by atoms with Gasteiger partial charge >= 0.3 is 5.97 Å². The average Bonchev–Trinajstić information content (AvgIpc) is 2.19. The van der Waals surface area contributed by atoms with Gasteiger partial charge in [-0.2, -0.15) is 0 Å². The Kier molecular flexibility index (Phi) is 2.81. The highest BCUT2D eigenvalue weighted by Gasteiger charge is 2.13. The molecule has 0 bridgehead atoms. The zero-order chi connectivity index (χ0) is 10.7. The van der Waals surface area contributed by atoms with Crippen molar-refractivity contribution < 1.29 is 24.9 Å². The number of esters is 1. The SMILES string of the molecule is COC(=O)Cc1ccc(O)c(O)c1O. The topological polar surface area (TPSA) is 87.0 Å². The summed E-state index contributed by atoms with van der Waals surface area (Å²) in [6.45, 7) is 0. The van der Waals surface area contributed by atoms with Gasteiger partial charge in [0, 0.05) is 5.56 Å². The van der Waals surface area contributed by atoms with Gasteiger partial charge in [0.15, 0.2) is 11.5 Å². The molecule has 14 heavy (non-hydrogen) atoms. The quantitative estimate of drug-likeness (QED) is 0.476. The summed E-state index contributed by atoms with van der Waals surface area (Å²) in [4.78, 5) is 10.9. The van der Waals surface area contributed by atoms with Crippen LogP contribution in [0, 0.1) is 0 Å². The molecule has 1 aromatic rings. The lowest BCUT2D eigenvalue weighted by Gasteiger charge is -2.06. The highest BCUT2D eigenvalue weighted by molar-refractivity contribution is 5.74. The van der Waals surface area contributed by atoms with Crippen molar-refractivity contribution in [3.05, 3.63) is 17.7 Å². The van der Waals surface area contributed by atoms with Crippen molar-refractivity contribution in [2.45, 2.75) is 6.42 Å². The minimum atomic E-state index is -0.633. The number of hydrogen-bond acceptors (Lipinski definition) is 5. The molecule has 76 valence electrons. The van der Waals surface area contributed by atoms with E-state index in [0.717, 1.165) is 0 Å². The Bertz CT molecular complexity index is 358. The van der Waals surface area contributed by atoms with Gasteiger partial charge in [-0.1, -0.05) is 6.07 Å². The van der Waals surface area contributed by atoms with E-state index in [1.165, 1.54) is 19.2 Å². The molecule has 5 heteroatoms. The lowest BCUT2D eigenvalue weighted by molar-refractivity contribution is -0.139. The summed E-state index contributed by atoms with van der Waals surface area (Å²) >= 11 is 0. The van der Waals surface area contributed by atoms with Crippen LogP contribution in [0.5, 0.6) is 17.2 Å². The first-order chi connectivity index (χ1) is 6.56. The van der Waals surface area contributed by atoms with Gasteiger partial charge < -0.3 is 20.1 Å². The van der Waals surface area contributed by atoms with E-state index in [1.807, 2.05) is 0 Å². The zero-order valence-electron chi connectivity index (χ0n) is 7.52.